The van der Waals surface area contributed by atoms with Gasteiger partial charge in [-0.05, 0) is 109 Å². The van der Waals surface area contributed by atoms with Gasteiger partial charge < -0.3 is 19.8 Å². The molecule has 1 aliphatic heterocycles. The highest BCUT2D eigenvalue weighted by Gasteiger charge is 2.25. The number of unbranched alkanes of at least 4 members (excludes halogenated alkanes) is 34. The molecule has 0 bridgehead atoms. The van der Waals surface area contributed by atoms with Crippen LogP contribution in [0.4, 0.5) is 0 Å². The number of carboxylic acids is 1. The second-order valence-electron chi connectivity index (χ2n) is 23.6. The van der Waals surface area contributed by atoms with Crippen LogP contribution in [0.5, 0.6) is 0 Å². The third-order valence-corrected chi connectivity index (χ3v) is 16.8. The van der Waals surface area contributed by atoms with Gasteiger partial charge in [-0.3, -0.25) is 14.5 Å². The number of carbonyl (C=O) groups is 2. The zero-order valence-corrected chi connectivity index (χ0v) is 49.8. The number of hydrogen-bond acceptors (Lipinski definition) is 5. The van der Waals surface area contributed by atoms with Crippen LogP contribution in [0.25, 0.3) is 0 Å². The van der Waals surface area contributed by atoms with Gasteiger partial charge in [0, 0.05) is 26.2 Å². The summed E-state index contributed by atoms with van der Waals surface area (Å²) in [5.41, 5.74) is 0. The van der Waals surface area contributed by atoms with Crippen LogP contribution >= 0.6 is 0 Å². The van der Waals surface area contributed by atoms with Crippen molar-refractivity contribution < 1.29 is 14.7 Å². The van der Waals surface area contributed by atoms with Crippen molar-refractivity contribution in [3.63, 3.8) is 0 Å². The minimum Gasteiger partial charge on any atom is -0.481 e. The van der Waals surface area contributed by atoms with Crippen molar-refractivity contribution >= 4 is 11.9 Å². The molecule has 1 amide bonds. The van der Waals surface area contributed by atoms with Gasteiger partial charge in [0.05, 0.1) is 12.5 Å². The average molecular weight is 1020 g/mol. The molecule has 1 N–H and O–H groups in total. The van der Waals surface area contributed by atoms with E-state index in [0.717, 1.165) is 96.4 Å². The van der Waals surface area contributed by atoms with E-state index in [9.17, 15) is 14.7 Å². The second kappa shape index (κ2) is 53.2. The van der Waals surface area contributed by atoms with Gasteiger partial charge in [-0.15, -0.1) is 0 Å². The van der Waals surface area contributed by atoms with Crippen LogP contribution in [0.2, 0.25) is 0 Å². The first-order valence-corrected chi connectivity index (χ1v) is 33.1. The Labute approximate surface area is 451 Å². The molecule has 1 saturated heterocycles. The predicted octanol–water partition coefficient (Wildman–Crippen LogP) is 18.7. The standard InChI is InChI=1S/C65H130N4O3/c1-6-11-16-20-24-25-26-27-28-32-36-41-51-66(52-44-38-33-40-47-63(65(71)72)46-39-15-10-5)56-48-62-49-57-69(58-50-62)64(70)61-68(55-45-37-31-23-19-14-9-4)60-59-67(53-42-34-29-21-17-12-7-2)54-43-35-30-22-18-13-8-3/h62-63H,6-61H2,1-5H3,(H,71,72). The first kappa shape index (κ1) is 68.8. The van der Waals surface area contributed by atoms with Gasteiger partial charge in [-0.2, -0.15) is 0 Å². The lowest BCUT2D eigenvalue weighted by Crippen LogP contribution is -2.46. The SMILES string of the molecule is CCCCCCCCCCCCCCN(CCCCCCC(CCCCC)C(=O)O)CCC1CCN(C(=O)CN(CCCCCCCCC)CCN(CCCCCCCCC)CCCCCCCCC)CC1. The van der Waals surface area contributed by atoms with Crippen LogP contribution in [-0.2, 0) is 9.59 Å². The Morgan fingerprint density at radius 2 is 0.653 bits per heavy atom. The largest absolute Gasteiger partial charge is 0.481 e. The maximum Gasteiger partial charge on any atom is 0.306 e. The summed E-state index contributed by atoms with van der Waals surface area (Å²) in [6.45, 7) is 23.1. The zero-order chi connectivity index (χ0) is 52.2. The minimum absolute atomic E-state index is 0.154. The molecule has 72 heavy (non-hydrogen) atoms. The quantitative estimate of drug-likeness (QED) is 0.0613. The first-order valence-electron chi connectivity index (χ1n) is 33.1. The molecule has 0 aromatic heterocycles. The summed E-state index contributed by atoms with van der Waals surface area (Å²) in [5, 5.41) is 9.77. The van der Waals surface area contributed by atoms with Crippen molar-refractivity contribution in [2.24, 2.45) is 11.8 Å². The number of carbonyl (C=O) groups excluding carboxylic acids is 1. The summed E-state index contributed by atoms with van der Waals surface area (Å²) in [6.07, 6.45) is 58.4. The van der Waals surface area contributed by atoms with Crippen LogP contribution in [0.3, 0.4) is 0 Å². The van der Waals surface area contributed by atoms with E-state index in [4.69, 9.17) is 0 Å². The number of amides is 1. The van der Waals surface area contributed by atoms with Gasteiger partial charge in [0.15, 0.2) is 0 Å². The van der Waals surface area contributed by atoms with Gasteiger partial charge in [-0.1, -0.05) is 259 Å². The van der Waals surface area contributed by atoms with E-state index in [2.05, 4.69) is 54.2 Å². The highest BCUT2D eigenvalue weighted by molar-refractivity contribution is 5.78. The van der Waals surface area contributed by atoms with Gasteiger partial charge in [0.1, 0.15) is 0 Å². The minimum atomic E-state index is -0.587. The molecule has 1 heterocycles. The van der Waals surface area contributed by atoms with Crippen molar-refractivity contribution in [3.8, 4) is 0 Å². The molecule has 1 atom stereocenters. The Kier molecular flexibility index (Phi) is 50.9. The van der Waals surface area contributed by atoms with E-state index in [1.54, 1.807) is 0 Å². The fourth-order valence-corrected chi connectivity index (χ4v) is 11.5. The van der Waals surface area contributed by atoms with E-state index in [1.165, 1.54) is 264 Å². The monoisotopic (exact) mass is 1020 g/mol. The number of aliphatic carboxylic acids is 1. The first-order chi connectivity index (χ1) is 35.4. The summed E-state index contributed by atoms with van der Waals surface area (Å²) >= 11 is 0. The fourth-order valence-electron chi connectivity index (χ4n) is 11.5. The maximum atomic E-state index is 14.1. The van der Waals surface area contributed by atoms with Crippen LogP contribution in [0, 0.1) is 11.8 Å². The highest BCUT2D eigenvalue weighted by Crippen LogP contribution is 2.23. The molecular weight excluding hydrogens is 885 g/mol. The Hall–Kier alpha value is -1.18. The van der Waals surface area contributed by atoms with Crippen LogP contribution in [0.15, 0.2) is 0 Å². The number of piperidine rings is 1. The predicted molar refractivity (Wildman–Crippen MR) is 317 cm³/mol. The Morgan fingerprint density at radius 3 is 1.01 bits per heavy atom. The van der Waals surface area contributed by atoms with E-state index < -0.39 is 5.97 Å². The summed E-state index contributed by atoms with van der Waals surface area (Å²) in [7, 11) is 0. The third-order valence-electron chi connectivity index (χ3n) is 16.8. The molecule has 1 fully saturated rings. The van der Waals surface area contributed by atoms with Crippen molar-refractivity contribution in [2.75, 3.05) is 72.0 Å². The lowest BCUT2D eigenvalue weighted by atomic mass is 9.93. The fraction of sp³-hybridized carbons (Fsp3) is 0.969. The molecule has 1 rings (SSSR count). The molecule has 0 aromatic carbocycles. The molecule has 0 aliphatic carbocycles. The van der Waals surface area contributed by atoms with E-state index in [0.29, 0.717) is 12.5 Å². The normalized spacial score (nSPS) is 13.9. The Balaban J connectivity index is 2.76. The van der Waals surface area contributed by atoms with Crippen molar-refractivity contribution in [2.45, 2.75) is 324 Å². The smallest absolute Gasteiger partial charge is 0.306 e. The lowest BCUT2D eigenvalue weighted by molar-refractivity contribution is -0.142. The van der Waals surface area contributed by atoms with Crippen LogP contribution < -0.4 is 0 Å². The van der Waals surface area contributed by atoms with Crippen molar-refractivity contribution in [3.05, 3.63) is 0 Å². The molecule has 1 unspecified atom stereocenters. The Morgan fingerprint density at radius 1 is 0.375 bits per heavy atom. The number of hydrogen-bond donors (Lipinski definition) is 1. The molecule has 0 aromatic rings. The molecule has 0 spiro atoms. The van der Waals surface area contributed by atoms with Gasteiger partial charge >= 0.3 is 5.97 Å². The molecule has 7 nitrogen and oxygen atoms in total. The molecule has 1 aliphatic rings. The van der Waals surface area contributed by atoms with Crippen molar-refractivity contribution in [1.82, 2.24) is 19.6 Å². The highest BCUT2D eigenvalue weighted by atomic mass is 16.4. The van der Waals surface area contributed by atoms with Crippen molar-refractivity contribution in [1.29, 1.82) is 0 Å². The second-order valence-corrected chi connectivity index (χ2v) is 23.6. The topological polar surface area (TPSA) is 67.3 Å². The number of carboxylic acid groups (broad SMARTS) is 1. The summed E-state index contributed by atoms with van der Waals surface area (Å²) in [4.78, 5) is 36.4. The summed E-state index contributed by atoms with van der Waals surface area (Å²) in [6, 6.07) is 0. The van der Waals surface area contributed by atoms with Gasteiger partial charge in [-0.25, -0.2) is 0 Å². The maximum absolute atomic E-state index is 14.1. The van der Waals surface area contributed by atoms with Crippen LogP contribution in [0.1, 0.15) is 324 Å². The summed E-state index contributed by atoms with van der Waals surface area (Å²) in [5.74, 6) is 0.358. The molecule has 7 heteroatoms. The Bertz CT molecular complexity index is 1110. The van der Waals surface area contributed by atoms with E-state index in [1.807, 2.05) is 0 Å². The third kappa shape index (κ3) is 43.0. The number of nitrogens with zero attached hydrogens (tertiary/aromatic N) is 4. The number of rotatable bonds is 57. The van der Waals surface area contributed by atoms with E-state index in [-0.39, 0.29) is 5.92 Å². The molecule has 428 valence electrons. The lowest BCUT2D eigenvalue weighted by Gasteiger charge is -2.35. The number of likely N-dealkylation sites (tertiary alicyclic amines) is 1. The zero-order valence-electron chi connectivity index (χ0n) is 49.8. The van der Waals surface area contributed by atoms with Gasteiger partial charge in [0.25, 0.3) is 0 Å². The van der Waals surface area contributed by atoms with Crippen LogP contribution in [-0.4, -0.2) is 109 Å². The average Bonchev–Trinajstić information content (AvgIpc) is 3.38. The van der Waals surface area contributed by atoms with E-state index >= 15 is 0 Å². The molecule has 0 saturated carbocycles. The molecular formula is C65H130N4O3. The molecule has 0 radical (unpaired) electrons. The summed E-state index contributed by atoms with van der Waals surface area (Å²) < 4.78 is 0. The van der Waals surface area contributed by atoms with Gasteiger partial charge in [0.2, 0.25) is 5.91 Å².